The Bertz CT molecular complexity index is 586. The number of ether oxygens (including phenoxy) is 2. The molecule has 1 heterocycles. The van der Waals surface area contributed by atoms with E-state index in [0.29, 0.717) is 12.4 Å². The Kier molecular flexibility index (Phi) is 4.52. The van der Waals surface area contributed by atoms with Crippen molar-refractivity contribution in [1.29, 1.82) is 0 Å². The molecule has 0 fully saturated rings. The minimum absolute atomic E-state index is 0.255. The zero-order valence-corrected chi connectivity index (χ0v) is 11.1. The van der Waals surface area contributed by atoms with Gasteiger partial charge >= 0.3 is 6.36 Å². The predicted molar refractivity (Wildman–Crippen MR) is 71.2 cm³/mol. The van der Waals surface area contributed by atoms with Crippen LogP contribution in [0.1, 0.15) is 5.56 Å². The summed E-state index contributed by atoms with van der Waals surface area (Å²) in [5.74, 6) is 0.200. The molecule has 1 N–H and O–H groups in total. The van der Waals surface area contributed by atoms with Gasteiger partial charge in [-0.05, 0) is 17.7 Å². The number of aromatic nitrogens is 1. The molecule has 0 atom stereocenters. The van der Waals surface area contributed by atoms with E-state index in [1.54, 1.807) is 24.4 Å². The third kappa shape index (κ3) is 4.55. The number of alkyl halides is 3. The van der Waals surface area contributed by atoms with Gasteiger partial charge < -0.3 is 14.8 Å². The molecule has 2 rings (SSSR count). The van der Waals surface area contributed by atoms with Crippen LogP contribution in [0.4, 0.5) is 18.9 Å². The van der Waals surface area contributed by atoms with E-state index in [-0.39, 0.29) is 11.4 Å². The highest BCUT2D eigenvalue weighted by atomic mass is 19.4. The Hall–Kier alpha value is -2.44. The van der Waals surface area contributed by atoms with Gasteiger partial charge in [-0.2, -0.15) is 0 Å². The molecule has 21 heavy (non-hydrogen) atoms. The van der Waals surface area contributed by atoms with Gasteiger partial charge in [0.1, 0.15) is 0 Å². The molecule has 112 valence electrons. The highest BCUT2D eigenvalue weighted by Gasteiger charge is 2.32. The lowest BCUT2D eigenvalue weighted by atomic mass is 10.2. The number of hydrogen-bond acceptors (Lipinski definition) is 4. The largest absolute Gasteiger partial charge is 0.573 e. The summed E-state index contributed by atoms with van der Waals surface area (Å²) in [5.41, 5.74) is 1.06. The SMILES string of the molecule is COc1ccc(CNc2ccccc2OC(F)(F)F)cn1. The third-order valence-electron chi connectivity index (χ3n) is 2.60. The molecule has 7 heteroatoms. The first kappa shape index (κ1) is 15.0. The fraction of sp³-hybridized carbons (Fsp3) is 0.214. The molecule has 0 radical (unpaired) electrons. The lowest BCUT2D eigenvalue weighted by molar-refractivity contribution is -0.274. The number of rotatable bonds is 5. The first-order valence-electron chi connectivity index (χ1n) is 6.05. The fourth-order valence-corrected chi connectivity index (χ4v) is 1.66. The van der Waals surface area contributed by atoms with Crippen LogP contribution in [0, 0.1) is 0 Å². The number of pyridine rings is 1. The number of anilines is 1. The lowest BCUT2D eigenvalue weighted by Crippen LogP contribution is -2.18. The molecule has 0 spiro atoms. The number of nitrogens with zero attached hydrogens (tertiary/aromatic N) is 1. The van der Waals surface area contributed by atoms with Crippen molar-refractivity contribution in [2.24, 2.45) is 0 Å². The summed E-state index contributed by atoms with van der Waals surface area (Å²) >= 11 is 0. The topological polar surface area (TPSA) is 43.4 Å². The standard InChI is InChI=1S/C14H13F3N2O2/c1-20-13-7-6-10(9-19-13)8-18-11-4-2-3-5-12(11)21-14(15,16)17/h2-7,9,18H,8H2,1H3. The summed E-state index contributed by atoms with van der Waals surface area (Å²) in [6.07, 6.45) is -3.14. The number of para-hydroxylation sites is 2. The van der Waals surface area contributed by atoms with E-state index in [1.807, 2.05) is 0 Å². The van der Waals surface area contributed by atoms with E-state index >= 15 is 0 Å². The van der Waals surface area contributed by atoms with Crippen molar-refractivity contribution in [1.82, 2.24) is 4.98 Å². The lowest BCUT2D eigenvalue weighted by Gasteiger charge is -2.14. The monoisotopic (exact) mass is 298 g/mol. The van der Waals surface area contributed by atoms with E-state index < -0.39 is 6.36 Å². The van der Waals surface area contributed by atoms with E-state index in [4.69, 9.17) is 4.74 Å². The van der Waals surface area contributed by atoms with Gasteiger partial charge in [0.25, 0.3) is 0 Å². The van der Waals surface area contributed by atoms with Crippen LogP contribution >= 0.6 is 0 Å². The molecule has 0 saturated carbocycles. The van der Waals surface area contributed by atoms with Crippen LogP contribution in [0.2, 0.25) is 0 Å². The average molecular weight is 298 g/mol. The molecule has 0 aliphatic carbocycles. The first-order chi connectivity index (χ1) is 9.98. The van der Waals surface area contributed by atoms with Crippen molar-refractivity contribution in [3.05, 3.63) is 48.2 Å². The smallest absolute Gasteiger partial charge is 0.481 e. The van der Waals surface area contributed by atoms with Crippen molar-refractivity contribution in [3.63, 3.8) is 0 Å². The van der Waals surface area contributed by atoms with E-state index in [9.17, 15) is 13.2 Å². The van der Waals surface area contributed by atoms with Crippen LogP contribution < -0.4 is 14.8 Å². The number of halogens is 3. The van der Waals surface area contributed by atoms with Gasteiger partial charge in [-0.25, -0.2) is 4.98 Å². The van der Waals surface area contributed by atoms with Gasteiger partial charge in [-0.1, -0.05) is 18.2 Å². The van der Waals surface area contributed by atoms with Gasteiger partial charge in [-0.3, -0.25) is 0 Å². The normalized spacial score (nSPS) is 11.0. The Balaban J connectivity index is 2.05. The van der Waals surface area contributed by atoms with Gasteiger partial charge in [0.2, 0.25) is 5.88 Å². The first-order valence-corrected chi connectivity index (χ1v) is 6.05. The molecule has 4 nitrogen and oxygen atoms in total. The second-order valence-electron chi connectivity index (χ2n) is 4.11. The summed E-state index contributed by atoms with van der Waals surface area (Å²) in [6.45, 7) is 0.315. The van der Waals surface area contributed by atoms with Crippen LogP contribution in [0.25, 0.3) is 0 Å². The maximum atomic E-state index is 12.3. The maximum absolute atomic E-state index is 12.3. The minimum atomic E-state index is -4.72. The molecule has 0 bridgehead atoms. The molecule has 1 aromatic carbocycles. The Morgan fingerprint density at radius 2 is 1.90 bits per heavy atom. The van der Waals surface area contributed by atoms with Crippen LogP contribution in [0.3, 0.4) is 0 Å². The summed E-state index contributed by atoms with van der Waals surface area (Å²) in [4.78, 5) is 4.02. The average Bonchev–Trinajstić information content (AvgIpc) is 2.45. The molecule has 1 aromatic heterocycles. The maximum Gasteiger partial charge on any atom is 0.573 e. The summed E-state index contributed by atoms with van der Waals surface area (Å²) in [5, 5.41) is 2.88. The minimum Gasteiger partial charge on any atom is -0.481 e. The zero-order valence-electron chi connectivity index (χ0n) is 11.1. The molecule has 0 aliphatic heterocycles. The summed E-state index contributed by atoms with van der Waals surface area (Å²) in [7, 11) is 1.50. The van der Waals surface area contributed by atoms with Crippen molar-refractivity contribution >= 4 is 5.69 Å². The zero-order chi connectivity index (χ0) is 15.3. The van der Waals surface area contributed by atoms with E-state index in [1.165, 1.54) is 25.3 Å². The molecule has 0 aliphatic rings. The van der Waals surface area contributed by atoms with Crippen LogP contribution in [-0.4, -0.2) is 18.5 Å². The van der Waals surface area contributed by atoms with Gasteiger partial charge in [0, 0.05) is 18.8 Å². The van der Waals surface area contributed by atoms with Crippen molar-refractivity contribution in [3.8, 4) is 11.6 Å². The second-order valence-corrected chi connectivity index (χ2v) is 4.11. The number of hydrogen-bond donors (Lipinski definition) is 1. The van der Waals surface area contributed by atoms with Gasteiger partial charge in [-0.15, -0.1) is 13.2 Å². The molecule has 0 unspecified atom stereocenters. The second kappa shape index (κ2) is 6.34. The number of nitrogens with one attached hydrogen (secondary N) is 1. The van der Waals surface area contributed by atoms with Crippen molar-refractivity contribution in [2.45, 2.75) is 12.9 Å². The molecular formula is C14H13F3N2O2. The van der Waals surface area contributed by atoms with Crippen molar-refractivity contribution < 1.29 is 22.6 Å². The molecular weight excluding hydrogens is 285 g/mol. The van der Waals surface area contributed by atoms with Gasteiger partial charge in [0.15, 0.2) is 5.75 Å². The van der Waals surface area contributed by atoms with Crippen molar-refractivity contribution in [2.75, 3.05) is 12.4 Å². The Morgan fingerprint density at radius 3 is 2.52 bits per heavy atom. The number of methoxy groups -OCH3 is 1. The van der Waals surface area contributed by atoms with Crippen LogP contribution in [0.15, 0.2) is 42.6 Å². The predicted octanol–water partition coefficient (Wildman–Crippen LogP) is 3.60. The highest BCUT2D eigenvalue weighted by molar-refractivity contribution is 5.56. The summed E-state index contributed by atoms with van der Waals surface area (Å²) < 4.78 is 45.8. The Labute approximate surface area is 119 Å². The number of benzene rings is 1. The Morgan fingerprint density at radius 1 is 1.14 bits per heavy atom. The van der Waals surface area contributed by atoms with Crippen LogP contribution in [-0.2, 0) is 6.54 Å². The van der Waals surface area contributed by atoms with Crippen LogP contribution in [0.5, 0.6) is 11.6 Å². The third-order valence-corrected chi connectivity index (χ3v) is 2.60. The van der Waals surface area contributed by atoms with Gasteiger partial charge in [0.05, 0.1) is 12.8 Å². The molecule has 0 amide bonds. The van der Waals surface area contributed by atoms with E-state index in [2.05, 4.69) is 15.0 Å². The quantitative estimate of drug-likeness (QED) is 0.916. The van der Waals surface area contributed by atoms with E-state index in [0.717, 1.165) is 5.56 Å². The molecule has 0 saturated heterocycles. The molecule has 2 aromatic rings. The highest BCUT2D eigenvalue weighted by Crippen LogP contribution is 2.30. The fourth-order valence-electron chi connectivity index (χ4n) is 1.66. The summed E-state index contributed by atoms with van der Waals surface area (Å²) in [6, 6.07) is 9.31.